The number of Topliss-reactive ketones (excluding diaryl/α,β-unsaturated/α-hetero) is 1. The maximum atomic E-state index is 13.2. The van der Waals surface area contributed by atoms with E-state index >= 15 is 0 Å². The van der Waals surface area contributed by atoms with Crippen molar-refractivity contribution in [2.45, 2.75) is 46.3 Å². The molecule has 1 aliphatic rings. The van der Waals surface area contributed by atoms with Crippen molar-refractivity contribution in [3.8, 4) is 5.75 Å². The summed E-state index contributed by atoms with van der Waals surface area (Å²) in [6.07, 6.45) is 1.93. The molecular weight excluding hydrogens is 404 g/mol. The molecule has 1 aliphatic carbocycles. The number of para-hydroxylation sites is 1. The molecule has 5 nitrogen and oxygen atoms in total. The van der Waals surface area contributed by atoms with Crippen LogP contribution >= 0.6 is 22.7 Å². The second-order valence-corrected chi connectivity index (χ2v) is 9.14. The zero-order chi connectivity index (χ0) is 20.5. The number of ketones is 1. The second kappa shape index (κ2) is 8.08. The van der Waals surface area contributed by atoms with Gasteiger partial charge in [0.1, 0.15) is 12.4 Å². The monoisotopic (exact) mass is 426 g/mol. The highest BCUT2D eigenvalue weighted by atomic mass is 32.1. The Balaban J connectivity index is 1.51. The number of carbonyl (C=O) groups is 2. The van der Waals surface area contributed by atoms with E-state index < -0.39 is 0 Å². The fraction of sp³-hybridized carbons (Fsp3) is 0.318. The van der Waals surface area contributed by atoms with Gasteiger partial charge in [0.25, 0.3) is 5.91 Å². The molecule has 0 bridgehead atoms. The van der Waals surface area contributed by atoms with Crippen LogP contribution in [0.25, 0.3) is 0 Å². The van der Waals surface area contributed by atoms with Crippen LogP contribution in [0.3, 0.4) is 0 Å². The Kier molecular flexibility index (Phi) is 5.52. The molecule has 1 aromatic carbocycles. The number of aryl methyl sites for hydroxylation is 2. The Bertz CT molecular complexity index is 1070. The minimum atomic E-state index is -0.0523. The number of aromatic nitrogens is 1. The molecule has 2 heterocycles. The van der Waals surface area contributed by atoms with E-state index in [0.29, 0.717) is 27.2 Å². The van der Waals surface area contributed by atoms with Crippen molar-refractivity contribution in [2.24, 2.45) is 0 Å². The van der Waals surface area contributed by atoms with Crippen LogP contribution in [0.15, 0.2) is 35.7 Å². The van der Waals surface area contributed by atoms with E-state index in [2.05, 4.69) is 4.98 Å². The minimum Gasteiger partial charge on any atom is -0.489 e. The van der Waals surface area contributed by atoms with Crippen molar-refractivity contribution >= 4 is 39.5 Å². The summed E-state index contributed by atoms with van der Waals surface area (Å²) in [5.74, 6) is 0.783. The van der Waals surface area contributed by atoms with E-state index in [4.69, 9.17) is 4.74 Å². The summed E-state index contributed by atoms with van der Waals surface area (Å²) >= 11 is 2.73. The first kappa shape index (κ1) is 19.8. The number of thiophene rings is 1. The van der Waals surface area contributed by atoms with Gasteiger partial charge < -0.3 is 4.74 Å². The third-order valence-electron chi connectivity index (χ3n) is 4.79. The highest BCUT2D eigenvalue weighted by Crippen LogP contribution is 2.37. The Hall–Kier alpha value is -2.51. The van der Waals surface area contributed by atoms with Gasteiger partial charge in [-0.1, -0.05) is 29.5 Å². The van der Waals surface area contributed by atoms with Crippen LogP contribution in [0.1, 0.15) is 55.9 Å². The van der Waals surface area contributed by atoms with Crippen LogP contribution in [0.2, 0.25) is 0 Å². The van der Waals surface area contributed by atoms with Crippen molar-refractivity contribution in [1.29, 1.82) is 0 Å². The molecule has 0 saturated heterocycles. The van der Waals surface area contributed by atoms with Crippen molar-refractivity contribution in [2.75, 3.05) is 4.90 Å². The predicted octanol–water partition coefficient (Wildman–Crippen LogP) is 5.41. The SMILES string of the molecule is CC(=O)c1sc(N(C(=O)c2cc(COc3ccccc3C)cs2)C2CC2)nc1C. The van der Waals surface area contributed by atoms with Crippen LogP contribution in [-0.4, -0.2) is 22.7 Å². The standard InChI is InChI=1S/C22H22N2O3S2/c1-13-6-4-5-7-18(13)27-11-16-10-19(28-12-16)21(26)24(17-8-9-17)22-23-14(2)20(29-22)15(3)25/h4-7,10,12,17H,8-9,11H2,1-3H3. The van der Waals surface area contributed by atoms with Crippen LogP contribution in [-0.2, 0) is 6.61 Å². The smallest absolute Gasteiger partial charge is 0.270 e. The largest absolute Gasteiger partial charge is 0.489 e. The Morgan fingerprint density at radius 3 is 2.66 bits per heavy atom. The average molecular weight is 427 g/mol. The van der Waals surface area contributed by atoms with E-state index in [9.17, 15) is 9.59 Å². The molecule has 0 N–H and O–H groups in total. The van der Waals surface area contributed by atoms with Gasteiger partial charge in [-0.05, 0) is 49.8 Å². The van der Waals surface area contributed by atoms with Gasteiger partial charge in [-0.15, -0.1) is 11.3 Å². The highest BCUT2D eigenvalue weighted by molar-refractivity contribution is 7.18. The molecule has 7 heteroatoms. The van der Waals surface area contributed by atoms with Gasteiger partial charge >= 0.3 is 0 Å². The summed E-state index contributed by atoms with van der Waals surface area (Å²) in [5.41, 5.74) is 2.74. The normalized spacial score (nSPS) is 13.3. The molecule has 150 valence electrons. The van der Waals surface area contributed by atoms with E-state index in [1.54, 1.807) is 4.90 Å². The number of ether oxygens (including phenoxy) is 1. The molecule has 0 radical (unpaired) electrons. The van der Waals surface area contributed by atoms with Gasteiger partial charge in [0.15, 0.2) is 10.9 Å². The van der Waals surface area contributed by atoms with Gasteiger partial charge in [-0.3, -0.25) is 14.5 Å². The Morgan fingerprint density at radius 1 is 1.24 bits per heavy atom. The zero-order valence-electron chi connectivity index (χ0n) is 16.6. The maximum absolute atomic E-state index is 13.2. The van der Waals surface area contributed by atoms with E-state index in [1.165, 1.54) is 29.6 Å². The molecule has 1 saturated carbocycles. The fourth-order valence-electron chi connectivity index (χ4n) is 3.12. The first-order valence-corrected chi connectivity index (χ1v) is 11.2. The number of amides is 1. The van der Waals surface area contributed by atoms with Crippen LogP contribution in [0, 0.1) is 13.8 Å². The molecule has 2 aromatic heterocycles. The number of benzene rings is 1. The lowest BCUT2D eigenvalue weighted by Gasteiger charge is -2.18. The lowest BCUT2D eigenvalue weighted by atomic mass is 10.2. The van der Waals surface area contributed by atoms with Crippen molar-refractivity contribution in [3.05, 3.63) is 62.3 Å². The van der Waals surface area contributed by atoms with E-state index in [-0.39, 0.29) is 17.7 Å². The van der Waals surface area contributed by atoms with Crippen molar-refractivity contribution in [1.82, 2.24) is 4.98 Å². The predicted molar refractivity (Wildman–Crippen MR) is 117 cm³/mol. The summed E-state index contributed by atoms with van der Waals surface area (Å²) < 4.78 is 5.90. The molecule has 4 rings (SSSR count). The molecule has 3 aromatic rings. The number of nitrogens with zero attached hydrogens (tertiary/aromatic N) is 2. The number of hydrogen-bond donors (Lipinski definition) is 0. The van der Waals surface area contributed by atoms with Gasteiger partial charge in [-0.25, -0.2) is 4.98 Å². The number of hydrogen-bond acceptors (Lipinski definition) is 6. The summed E-state index contributed by atoms with van der Waals surface area (Å²) in [4.78, 5) is 32.6. The van der Waals surface area contributed by atoms with Gasteiger partial charge in [0.2, 0.25) is 0 Å². The van der Waals surface area contributed by atoms with Crippen LogP contribution < -0.4 is 9.64 Å². The third kappa shape index (κ3) is 4.26. The van der Waals surface area contributed by atoms with Crippen LogP contribution in [0.4, 0.5) is 5.13 Å². The third-order valence-corrected chi connectivity index (χ3v) is 7.02. The minimum absolute atomic E-state index is 0.0128. The first-order valence-electron chi connectivity index (χ1n) is 9.52. The quantitative estimate of drug-likeness (QED) is 0.474. The summed E-state index contributed by atoms with van der Waals surface area (Å²) in [7, 11) is 0. The summed E-state index contributed by atoms with van der Waals surface area (Å²) in [6.45, 7) is 5.78. The number of carbonyl (C=O) groups excluding carboxylic acids is 2. The fourth-order valence-corrected chi connectivity index (χ4v) is 4.98. The van der Waals surface area contributed by atoms with E-state index in [0.717, 1.165) is 29.7 Å². The molecule has 0 aliphatic heterocycles. The molecule has 0 unspecified atom stereocenters. The lowest BCUT2D eigenvalue weighted by Crippen LogP contribution is -2.32. The Labute approximate surface area is 178 Å². The van der Waals surface area contributed by atoms with Crippen molar-refractivity contribution < 1.29 is 14.3 Å². The van der Waals surface area contributed by atoms with Gasteiger partial charge in [-0.2, -0.15) is 0 Å². The topological polar surface area (TPSA) is 59.5 Å². The molecule has 29 heavy (non-hydrogen) atoms. The second-order valence-electron chi connectivity index (χ2n) is 7.25. The number of thiazole rings is 1. The van der Waals surface area contributed by atoms with Crippen molar-refractivity contribution in [3.63, 3.8) is 0 Å². The van der Waals surface area contributed by atoms with Crippen LogP contribution in [0.5, 0.6) is 5.75 Å². The highest BCUT2D eigenvalue weighted by Gasteiger charge is 2.37. The zero-order valence-corrected chi connectivity index (χ0v) is 18.2. The number of rotatable bonds is 7. The molecule has 1 fully saturated rings. The summed E-state index contributed by atoms with van der Waals surface area (Å²) in [5, 5.41) is 2.58. The molecular formula is C22H22N2O3S2. The number of anilines is 1. The molecule has 0 atom stereocenters. The lowest BCUT2D eigenvalue weighted by molar-refractivity contribution is 0.0986. The van der Waals surface area contributed by atoms with E-state index in [1.807, 2.05) is 49.6 Å². The first-order chi connectivity index (χ1) is 13.9. The maximum Gasteiger partial charge on any atom is 0.270 e. The summed E-state index contributed by atoms with van der Waals surface area (Å²) in [6, 6.07) is 9.95. The van der Waals surface area contributed by atoms with Gasteiger partial charge in [0.05, 0.1) is 15.4 Å². The Morgan fingerprint density at radius 2 is 2.00 bits per heavy atom. The van der Waals surface area contributed by atoms with Gasteiger partial charge in [0, 0.05) is 18.5 Å². The molecule has 0 spiro atoms. The molecule has 1 amide bonds. The average Bonchev–Trinajstić information content (AvgIpc) is 3.26.